The van der Waals surface area contributed by atoms with E-state index in [0.717, 1.165) is 30.7 Å². The lowest BCUT2D eigenvalue weighted by Crippen LogP contribution is -2.37. The summed E-state index contributed by atoms with van der Waals surface area (Å²) in [5, 5.41) is 0. The number of amides is 1. The molecule has 0 spiro atoms. The topological polar surface area (TPSA) is 56.4 Å². The van der Waals surface area contributed by atoms with Gasteiger partial charge in [0.2, 0.25) is 0 Å². The Morgan fingerprint density at radius 2 is 1.75 bits per heavy atom. The molecule has 2 heterocycles. The van der Waals surface area contributed by atoms with Crippen LogP contribution in [0.2, 0.25) is 0 Å². The van der Waals surface area contributed by atoms with Crippen LogP contribution < -0.4 is 5.56 Å². The number of nitrogens with zero attached hydrogens (tertiary/aromatic N) is 2. The summed E-state index contributed by atoms with van der Waals surface area (Å²) >= 11 is 0. The van der Waals surface area contributed by atoms with Gasteiger partial charge < -0.3 is 9.88 Å². The molecule has 2 aromatic rings. The van der Waals surface area contributed by atoms with Crippen molar-refractivity contribution in [2.45, 2.75) is 26.1 Å². The molecule has 8 heteroatoms. The largest absolute Gasteiger partial charge is 0.416 e. The summed E-state index contributed by atoms with van der Waals surface area (Å²) in [6.07, 6.45) is -3.61. The maximum absolute atomic E-state index is 12.7. The molecule has 28 heavy (non-hydrogen) atoms. The number of carbonyl (C=O) groups is 1. The van der Waals surface area contributed by atoms with Crippen LogP contribution in [0.5, 0.6) is 0 Å². The van der Waals surface area contributed by atoms with Crippen molar-refractivity contribution in [1.82, 2.24) is 14.8 Å². The second kappa shape index (κ2) is 8.18. The van der Waals surface area contributed by atoms with Crippen molar-refractivity contribution in [2.24, 2.45) is 0 Å². The van der Waals surface area contributed by atoms with Gasteiger partial charge in [-0.2, -0.15) is 13.2 Å². The van der Waals surface area contributed by atoms with Crippen LogP contribution in [0.4, 0.5) is 13.2 Å². The molecule has 5 nitrogen and oxygen atoms in total. The average Bonchev–Trinajstić information content (AvgIpc) is 2.86. The van der Waals surface area contributed by atoms with Gasteiger partial charge in [-0.3, -0.25) is 14.5 Å². The Kier molecular flexibility index (Phi) is 5.88. The van der Waals surface area contributed by atoms with E-state index in [1.54, 1.807) is 24.0 Å². The normalized spacial score (nSPS) is 16.1. The van der Waals surface area contributed by atoms with Crippen molar-refractivity contribution in [1.29, 1.82) is 0 Å². The smallest absolute Gasteiger partial charge is 0.337 e. The molecule has 1 N–H and O–H groups in total. The third-order valence-corrected chi connectivity index (χ3v) is 4.85. The van der Waals surface area contributed by atoms with E-state index in [2.05, 4.69) is 9.88 Å². The van der Waals surface area contributed by atoms with Crippen LogP contribution in [0.15, 0.2) is 41.2 Å². The summed E-state index contributed by atoms with van der Waals surface area (Å²) in [5.41, 5.74) is 0.563. The summed E-state index contributed by atoms with van der Waals surface area (Å²) in [4.78, 5) is 31.1. The van der Waals surface area contributed by atoms with Crippen molar-refractivity contribution < 1.29 is 18.0 Å². The van der Waals surface area contributed by atoms with E-state index in [1.807, 2.05) is 0 Å². The van der Waals surface area contributed by atoms with Crippen molar-refractivity contribution in [3.05, 3.63) is 69.1 Å². The van der Waals surface area contributed by atoms with Gasteiger partial charge in [-0.15, -0.1) is 0 Å². The fraction of sp³-hybridized carbons (Fsp3) is 0.400. The third kappa shape index (κ3) is 4.81. The predicted molar refractivity (Wildman–Crippen MR) is 99.0 cm³/mol. The second-order valence-electron chi connectivity index (χ2n) is 7.00. The van der Waals surface area contributed by atoms with E-state index in [1.165, 1.54) is 12.1 Å². The molecule has 0 radical (unpaired) electrons. The number of nitrogens with one attached hydrogen (secondary N) is 1. The number of aromatic amines is 1. The lowest BCUT2D eigenvalue weighted by atomic mass is 10.1. The van der Waals surface area contributed by atoms with Crippen molar-refractivity contribution >= 4 is 5.91 Å². The zero-order valence-corrected chi connectivity index (χ0v) is 15.6. The Labute approximate surface area is 160 Å². The summed E-state index contributed by atoms with van der Waals surface area (Å²) < 4.78 is 38.0. The van der Waals surface area contributed by atoms with Gasteiger partial charge in [0.1, 0.15) is 5.56 Å². The summed E-state index contributed by atoms with van der Waals surface area (Å²) in [6, 6.07) is 8.40. The van der Waals surface area contributed by atoms with Crippen LogP contribution >= 0.6 is 0 Å². The number of carbonyl (C=O) groups excluding carboxylic acids is 1. The maximum atomic E-state index is 12.7. The number of benzene rings is 1. The second-order valence-corrected chi connectivity index (χ2v) is 7.00. The Bertz CT molecular complexity index is 891. The zero-order chi connectivity index (χ0) is 20.3. The fourth-order valence-corrected chi connectivity index (χ4v) is 3.30. The van der Waals surface area contributed by atoms with Gasteiger partial charge in [0.25, 0.3) is 11.5 Å². The standard InChI is InChI=1S/C20H22F3N3O2/c1-14-3-8-17(18(27)24-14)19(28)26-10-2-9-25(11-12-26)13-15-4-6-16(7-5-15)20(21,22)23/h3-8H,2,9-13H2,1H3,(H,24,27). The quantitative estimate of drug-likeness (QED) is 0.872. The highest BCUT2D eigenvalue weighted by atomic mass is 19.4. The Morgan fingerprint density at radius 3 is 2.39 bits per heavy atom. The average molecular weight is 393 g/mol. The van der Waals surface area contributed by atoms with Gasteiger partial charge in [-0.25, -0.2) is 0 Å². The van der Waals surface area contributed by atoms with E-state index in [-0.39, 0.29) is 11.5 Å². The Balaban J connectivity index is 1.62. The van der Waals surface area contributed by atoms with Crippen LogP contribution in [0.3, 0.4) is 0 Å². The molecule has 0 bridgehead atoms. The summed E-state index contributed by atoms with van der Waals surface area (Å²) in [7, 11) is 0. The number of halogens is 3. The molecular formula is C20H22F3N3O2. The van der Waals surface area contributed by atoms with Crippen LogP contribution in [0.25, 0.3) is 0 Å². The molecule has 0 saturated carbocycles. The molecule has 150 valence electrons. The van der Waals surface area contributed by atoms with Crippen molar-refractivity contribution in [3.63, 3.8) is 0 Å². The van der Waals surface area contributed by atoms with Gasteiger partial charge in [0.05, 0.1) is 5.56 Å². The highest BCUT2D eigenvalue weighted by Crippen LogP contribution is 2.29. The molecule has 1 aromatic heterocycles. The first-order valence-electron chi connectivity index (χ1n) is 9.12. The first kappa shape index (κ1) is 20.1. The molecule has 1 aliphatic rings. The molecular weight excluding hydrogens is 371 g/mol. The predicted octanol–water partition coefficient (Wildman–Crippen LogP) is 3.05. The minimum Gasteiger partial charge on any atom is -0.337 e. The number of hydrogen-bond donors (Lipinski definition) is 1. The van der Waals surface area contributed by atoms with E-state index >= 15 is 0 Å². The zero-order valence-electron chi connectivity index (χ0n) is 15.6. The summed E-state index contributed by atoms with van der Waals surface area (Å²) in [5.74, 6) is -0.294. The molecule has 1 saturated heterocycles. The number of alkyl halides is 3. The first-order chi connectivity index (χ1) is 13.2. The van der Waals surface area contributed by atoms with Crippen LogP contribution in [-0.4, -0.2) is 46.9 Å². The molecule has 1 aromatic carbocycles. The Morgan fingerprint density at radius 1 is 1.04 bits per heavy atom. The number of aryl methyl sites for hydroxylation is 1. The van der Waals surface area contributed by atoms with Gasteiger partial charge in [0.15, 0.2) is 0 Å². The van der Waals surface area contributed by atoms with Gasteiger partial charge in [0, 0.05) is 38.4 Å². The number of pyridine rings is 1. The van der Waals surface area contributed by atoms with Crippen LogP contribution in [0, 0.1) is 6.92 Å². The fourth-order valence-electron chi connectivity index (χ4n) is 3.30. The number of rotatable bonds is 3. The van der Waals surface area contributed by atoms with Crippen molar-refractivity contribution in [2.75, 3.05) is 26.2 Å². The van der Waals surface area contributed by atoms with Crippen molar-refractivity contribution in [3.8, 4) is 0 Å². The highest BCUT2D eigenvalue weighted by Gasteiger charge is 2.30. The summed E-state index contributed by atoms with van der Waals surface area (Å²) in [6.45, 7) is 4.60. The number of aromatic nitrogens is 1. The highest BCUT2D eigenvalue weighted by molar-refractivity contribution is 5.93. The number of hydrogen-bond acceptors (Lipinski definition) is 3. The van der Waals surface area contributed by atoms with E-state index in [0.29, 0.717) is 31.9 Å². The SMILES string of the molecule is Cc1ccc(C(=O)N2CCCN(Cc3ccc(C(F)(F)F)cc3)CC2)c(=O)[nH]1. The molecule has 1 aliphatic heterocycles. The van der Waals surface area contributed by atoms with Gasteiger partial charge in [-0.1, -0.05) is 12.1 Å². The Hall–Kier alpha value is -2.61. The van der Waals surface area contributed by atoms with E-state index < -0.39 is 17.3 Å². The van der Waals surface area contributed by atoms with Gasteiger partial charge >= 0.3 is 6.18 Å². The van der Waals surface area contributed by atoms with Crippen LogP contribution in [0.1, 0.15) is 33.6 Å². The van der Waals surface area contributed by atoms with Gasteiger partial charge in [-0.05, 0) is 43.2 Å². The maximum Gasteiger partial charge on any atom is 0.416 e. The molecule has 1 fully saturated rings. The van der Waals surface area contributed by atoms with Crippen LogP contribution in [-0.2, 0) is 12.7 Å². The van der Waals surface area contributed by atoms with E-state index in [9.17, 15) is 22.8 Å². The lowest BCUT2D eigenvalue weighted by Gasteiger charge is -2.22. The van der Waals surface area contributed by atoms with E-state index in [4.69, 9.17) is 0 Å². The monoisotopic (exact) mass is 393 g/mol. The first-order valence-corrected chi connectivity index (χ1v) is 9.12. The third-order valence-electron chi connectivity index (χ3n) is 4.85. The minimum atomic E-state index is -4.34. The number of H-pyrrole nitrogens is 1. The lowest BCUT2D eigenvalue weighted by molar-refractivity contribution is -0.137. The molecule has 1 amide bonds. The minimum absolute atomic E-state index is 0.127. The molecule has 0 atom stereocenters. The molecule has 3 rings (SSSR count). The molecule has 0 unspecified atom stereocenters. The molecule has 0 aliphatic carbocycles.